The first-order chi connectivity index (χ1) is 3.41. The average molecular weight is 126 g/mol. The van der Waals surface area contributed by atoms with E-state index in [2.05, 4.69) is 33.4 Å². The second-order valence-corrected chi connectivity index (χ2v) is 0.469. The first-order valence-electron chi connectivity index (χ1n) is 1.62. The smallest absolute Gasteiger partial charge is 0.0829 e. The van der Waals surface area contributed by atoms with E-state index in [4.69, 9.17) is 0 Å². The molecule has 0 bridgehead atoms. The number of hydrogen-bond acceptors (Lipinski definition) is 1. The summed E-state index contributed by atoms with van der Waals surface area (Å²) in [7, 11) is 8.00. The molecular weight excluding hydrogens is 110 g/mol. The minimum absolute atomic E-state index is 0. The Labute approximate surface area is 63.1 Å². The lowest BCUT2D eigenvalue weighted by Crippen LogP contribution is -1.52. The Bertz CT molecular complexity index is 45.0. The van der Waals surface area contributed by atoms with Crippen LogP contribution in [-0.2, 0) is 4.74 Å². The van der Waals surface area contributed by atoms with Gasteiger partial charge in [-0.25, -0.2) is 0 Å². The summed E-state index contributed by atoms with van der Waals surface area (Å²) < 4.78 is 4.36. The summed E-state index contributed by atoms with van der Waals surface area (Å²) >= 11 is 0. The largest absolute Gasteiger partial charge is 0.474 e. The number of hydrogen-bond donors (Lipinski definition) is 0. The lowest BCUT2D eigenvalue weighted by atomic mass is 9.81. The number of ether oxygens (including phenoxy) is 1. The van der Waals surface area contributed by atoms with E-state index < -0.39 is 0 Å². The van der Waals surface area contributed by atoms with Gasteiger partial charge in [0.15, 0.2) is 0 Å². The third-order valence-corrected chi connectivity index (χ3v) is 0.192. The Morgan fingerprint density at radius 3 is 1.33 bits per heavy atom. The molecule has 0 heterocycles. The Morgan fingerprint density at radius 2 is 1.33 bits per heavy atom. The molecule has 1 nitrogen and oxygen atoms in total. The standard InChI is InChI=1S/C4H6O.2CH4.B2.H2/c1-3-5-4-2;;;1-2;/h3-4H,1-2H2;2*1H4;;1H. The summed E-state index contributed by atoms with van der Waals surface area (Å²) in [5.74, 6) is 0. The molecule has 0 spiro atoms. The highest BCUT2D eigenvalue weighted by molar-refractivity contribution is 6.75. The third kappa shape index (κ3) is 109. The van der Waals surface area contributed by atoms with Crippen LogP contribution in [0.15, 0.2) is 25.7 Å². The van der Waals surface area contributed by atoms with Crippen LogP contribution in [0.5, 0.6) is 0 Å². The van der Waals surface area contributed by atoms with E-state index in [1.165, 1.54) is 12.5 Å². The monoisotopic (exact) mass is 126 g/mol. The minimum Gasteiger partial charge on any atom is -0.474 e. The zero-order chi connectivity index (χ0) is 6.12. The van der Waals surface area contributed by atoms with Crippen molar-refractivity contribution in [3.63, 3.8) is 0 Å². The molecule has 0 fully saturated rings. The molecule has 52 valence electrons. The Morgan fingerprint density at radius 1 is 1.11 bits per heavy atom. The summed E-state index contributed by atoms with van der Waals surface area (Å²) in [5, 5.41) is 0. The first kappa shape index (κ1) is 23.7. The van der Waals surface area contributed by atoms with Crippen LogP contribution in [0.4, 0.5) is 0 Å². The molecule has 0 aromatic carbocycles. The molecule has 0 aliphatic carbocycles. The maximum Gasteiger partial charge on any atom is 0.0829 e. The van der Waals surface area contributed by atoms with Gasteiger partial charge in [0.05, 0.1) is 12.5 Å². The second kappa shape index (κ2) is 52.4. The van der Waals surface area contributed by atoms with E-state index in [1.807, 2.05) is 0 Å². The molecule has 0 aliphatic heterocycles. The SMILES string of the molecule is C.C.C=COC=C.[B][B].[HH]. The van der Waals surface area contributed by atoms with E-state index in [0.29, 0.717) is 0 Å². The normalized spacial score (nSPS) is 3.56. The maximum atomic E-state index is 4.36. The van der Waals surface area contributed by atoms with Gasteiger partial charge in [-0.1, -0.05) is 28.0 Å². The summed E-state index contributed by atoms with van der Waals surface area (Å²) in [6, 6.07) is 0. The van der Waals surface area contributed by atoms with E-state index in [1.54, 1.807) is 0 Å². The molecule has 0 saturated heterocycles. The molecule has 3 heteroatoms. The van der Waals surface area contributed by atoms with E-state index in [-0.39, 0.29) is 16.3 Å². The van der Waals surface area contributed by atoms with Crippen LogP contribution in [0.3, 0.4) is 0 Å². The van der Waals surface area contributed by atoms with Gasteiger partial charge >= 0.3 is 0 Å². The summed E-state index contributed by atoms with van der Waals surface area (Å²) in [6.45, 7) is 6.51. The van der Waals surface area contributed by atoms with Gasteiger partial charge in [-0.15, -0.1) is 0 Å². The zero-order valence-corrected chi connectivity index (χ0v) is 4.13. The fraction of sp³-hybridized carbons (Fsp3) is 0.333. The van der Waals surface area contributed by atoms with Crippen LogP contribution in [0.2, 0.25) is 0 Å². The van der Waals surface area contributed by atoms with Crippen LogP contribution in [-0.4, -0.2) is 15.5 Å². The van der Waals surface area contributed by atoms with Gasteiger partial charge in [-0.05, 0) is 0 Å². The highest BCUT2D eigenvalue weighted by atomic mass is 16.5. The predicted octanol–water partition coefficient (Wildman–Crippen LogP) is 2.05. The molecule has 0 aliphatic rings. The second-order valence-electron chi connectivity index (χ2n) is 0.469. The molecule has 0 N–H and O–H groups in total. The highest BCUT2D eigenvalue weighted by Crippen LogP contribution is 1.65. The maximum absolute atomic E-state index is 4.36. The van der Waals surface area contributed by atoms with Gasteiger partial charge < -0.3 is 4.74 Å². The summed E-state index contributed by atoms with van der Waals surface area (Å²) in [5.41, 5.74) is 0. The van der Waals surface area contributed by atoms with Gasteiger partial charge in [0.1, 0.15) is 0 Å². The number of rotatable bonds is 2. The van der Waals surface area contributed by atoms with Crippen molar-refractivity contribution in [1.82, 2.24) is 0 Å². The Kier molecular flexibility index (Phi) is 138. The van der Waals surface area contributed by atoms with E-state index in [9.17, 15) is 0 Å². The van der Waals surface area contributed by atoms with Crippen LogP contribution in [0.1, 0.15) is 16.3 Å². The predicted molar refractivity (Wildman–Crippen MR) is 48.6 cm³/mol. The van der Waals surface area contributed by atoms with Crippen molar-refractivity contribution in [2.24, 2.45) is 0 Å². The van der Waals surface area contributed by atoms with Crippen molar-refractivity contribution in [3.8, 4) is 0 Å². The molecule has 0 amide bonds. The van der Waals surface area contributed by atoms with Crippen molar-refractivity contribution in [3.05, 3.63) is 25.7 Å². The van der Waals surface area contributed by atoms with Gasteiger partial charge in [0.2, 0.25) is 0 Å². The lowest BCUT2D eigenvalue weighted by Gasteiger charge is -1.76. The molecule has 4 radical (unpaired) electrons. The van der Waals surface area contributed by atoms with Crippen LogP contribution in [0, 0.1) is 0 Å². The molecular formula is C6H16B2O. The van der Waals surface area contributed by atoms with Crippen molar-refractivity contribution < 1.29 is 6.16 Å². The molecule has 9 heavy (non-hydrogen) atoms. The summed E-state index contributed by atoms with van der Waals surface area (Å²) in [4.78, 5) is 0. The van der Waals surface area contributed by atoms with E-state index in [0.717, 1.165) is 0 Å². The highest BCUT2D eigenvalue weighted by Gasteiger charge is 1.45. The summed E-state index contributed by atoms with van der Waals surface area (Å²) in [6.07, 6.45) is 2.62. The fourth-order valence-corrected chi connectivity index (χ4v) is 0.0680. The Hall–Kier alpha value is -0.590. The average Bonchev–Trinajstić information content (AvgIpc) is 1.75. The van der Waals surface area contributed by atoms with Crippen LogP contribution >= 0.6 is 0 Å². The minimum atomic E-state index is 0. The van der Waals surface area contributed by atoms with E-state index >= 15 is 0 Å². The van der Waals surface area contributed by atoms with Crippen molar-refractivity contribution >= 4 is 15.5 Å². The molecule has 0 rings (SSSR count). The van der Waals surface area contributed by atoms with Gasteiger partial charge in [0.25, 0.3) is 0 Å². The van der Waals surface area contributed by atoms with Crippen molar-refractivity contribution in [1.29, 1.82) is 0 Å². The van der Waals surface area contributed by atoms with Crippen molar-refractivity contribution in [2.75, 3.05) is 0 Å². The fourth-order valence-electron chi connectivity index (χ4n) is 0.0680. The molecule has 0 atom stereocenters. The molecule has 0 aromatic heterocycles. The van der Waals surface area contributed by atoms with Gasteiger partial charge in [-0.3, -0.25) is 0 Å². The molecule has 0 saturated carbocycles. The van der Waals surface area contributed by atoms with Crippen molar-refractivity contribution in [2.45, 2.75) is 14.9 Å². The molecule has 0 aromatic rings. The first-order valence-corrected chi connectivity index (χ1v) is 1.62. The third-order valence-electron chi connectivity index (χ3n) is 0.192. The lowest BCUT2D eigenvalue weighted by molar-refractivity contribution is 0.406. The quantitative estimate of drug-likeness (QED) is 0.406. The van der Waals surface area contributed by atoms with Crippen LogP contribution < -0.4 is 0 Å². The van der Waals surface area contributed by atoms with Gasteiger partial charge in [0, 0.05) is 16.9 Å². The zero-order valence-electron chi connectivity index (χ0n) is 4.13. The Balaban J connectivity index is -0.0000000154. The topological polar surface area (TPSA) is 9.23 Å². The van der Waals surface area contributed by atoms with Gasteiger partial charge in [-0.2, -0.15) is 0 Å². The molecule has 0 unspecified atom stereocenters. The van der Waals surface area contributed by atoms with Crippen LogP contribution in [0.25, 0.3) is 0 Å².